The Morgan fingerprint density at radius 3 is 2.26 bits per heavy atom. The van der Waals surface area contributed by atoms with Crippen molar-refractivity contribution in [3.05, 3.63) is 59.1 Å². The summed E-state index contributed by atoms with van der Waals surface area (Å²) in [7, 11) is -9.80. The lowest BCUT2D eigenvalue weighted by Gasteiger charge is -2.40. The van der Waals surface area contributed by atoms with Gasteiger partial charge in [-0.3, -0.25) is 10.1 Å². The van der Waals surface area contributed by atoms with Crippen LogP contribution in [0.5, 0.6) is 0 Å². The molecule has 0 unspecified atom stereocenters. The smallest absolute Gasteiger partial charge is 0.322 e. The summed E-state index contributed by atoms with van der Waals surface area (Å²) in [6.45, 7) is 0. The number of benzene rings is 2. The molecular weight excluding hydrogens is 417 g/mol. The molecule has 144 valence electrons. The molecule has 1 N–H and O–H groups in total. The Morgan fingerprint density at radius 2 is 1.67 bits per heavy atom. The van der Waals surface area contributed by atoms with E-state index in [9.17, 15) is 24.2 Å². The lowest BCUT2D eigenvalue weighted by atomic mass is 10.2. The quantitative estimate of drug-likeness (QED) is 0.498. The number of carbonyl (C=O) groups is 1. The summed E-state index contributed by atoms with van der Waals surface area (Å²) in [5.74, 6) is -0.867. The predicted octanol–water partition coefficient (Wildman–Crippen LogP) is 6.30. The first-order chi connectivity index (χ1) is 12.3. The summed E-state index contributed by atoms with van der Waals surface area (Å²) in [4.78, 5) is 9.93. The molecule has 0 saturated heterocycles. The van der Waals surface area contributed by atoms with E-state index < -0.39 is 21.0 Å². The second-order valence-corrected chi connectivity index (χ2v) is 8.22. The predicted molar refractivity (Wildman–Crippen MR) is 90.5 cm³/mol. The minimum absolute atomic E-state index is 0.0454. The molecule has 0 saturated carbocycles. The summed E-state index contributed by atoms with van der Waals surface area (Å²) in [5, 5.41) is 9.87. The summed E-state index contributed by atoms with van der Waals surface area (Å²) < 4.78 is 68.6. The third-order valence-corrected chi connectivity index (χ3v) is 4.68. The van der Waals surface area contributed by atoms with Crippen LogP contribution in [-0.2, 0) is 0 Å². The highest BCUT2D eigenvalue weighted by atomic mass is 35.5. The van der Waals surface area contributed by atoms with E-state index in [2.05, 4.69) is 15.5 Å². The first-order valence-corrected chi connectivity index (χ1v) is 9.40. The number of aromatic nitrogens is 2. The van der Waals surface area contributed by atoms with E-state index in [0.717, 1.165) is 0 Å². The molecule has 0 aliphatic carbocycles. The molecule has 0 aliphatic rings. The largest absolute Gasteiger partial charge is 0.403 e. The van der Waals surface area contributed by atoms with E-state index in [0.29, 0.717) is 22.7 Å². The number of hydrogen-bond acceptors (Lipinski definition) is 4. The van der Waals surface area contributed by atoms with Crippen LogP contribution in [0, 0.1) is 0 Å². The molecule has 1 aromatic heterocycles. The van der Waals surface area contributed by atoms with Gasteiger partial charge in [0.15, 0.2) is 0 Å². The van der Waals surface area contributed by atoms with Crippen molar-refractivity contribution >= 4 is 33.7 Å². The van der Waals surface area contributed by atoms with Crippen LogP contribution >= 0.6 is 21.8 Å². The van der Waals surface area contributed by atoms with Crippen LogP contribution in [-0.4, -0.2) is 16.1 Å². The van der Waals surface area contributed by atoms with Crippen LogP contribution < -0.4 is 5.32 Å². The molecule has 0 fully saturated rings. The SMILES string of the molecule is O=C(Nc1nnc(-c2cccc(Cl)c2)o1)c1ccc(S(F)(F)(F)(F)F)cc1. The van der Waals surface area contributed by atoms with Gasteiger partial charge in [0.25, 0.3) is 5.91 Å². The Morgan fingerprint density at radius 1 is 1.00 bits per heavy atom. The molecule has 3 aromatic rings. The first-order valence-electron chi connectivity index (χ1n) is 7.07. The molecule has 2 aromatic carbocycles. The number of hydrogen-bond donors (Lipinski definition) is 1. The number of rotatable bonds is 4. The number of amides is 1. The van der Waals surface area contributed by atoms with Gasteiger partial charge in [-0.1, -0.05) is 42.2 Å². The topological polar surface area (TPSA) is 68.0 Å². The van der Waals surface area contributed by atoms with E-state index in [1.807, 2.05) is 0 Å². The van der Waals surface area contributed by atoms with E-state index in [-0.39, 0.29) is 29.6 Å². The fourth-order valence-electron chi connectivity index (χ4n) is 2.04. The zero-order valence-electron chi connectivity index (χ0n) is 13.0. The normalized spacial score (nSPS) is 14.3. The highest BCUT2D eigenvalue weighted by Crippen LogP contribution is 3.02. The molecule has 3 rings (SSSR count). The molecular formula is C15H9ClF5N3O2S. The highest BCUT2D eigenvalue weighted by Gasteiger charge is 2.65. The molecule has 1 amide bonds. The second kappa shape index (κ2) is 5.67. The minimum atomic E-state index is -9.80. The van der Waals surface area contributed by atoms with Crippen molar-refractivity contribution in [2.45, 2.75) is 4.90 Å². The standard InChI is InChI=1S/C15H9ClF5N3O2S/c16-11-3-1-2-10(8-11)14-23-24-15(26-14)22-13(25)9-4-6-12(7-5-9)27(17,18,19,20)21/h1-8H,(H,22,24,25). The van der Waals surface area contributed by atoms with Gasteiger partial charge in [0, 0.05) is 16.1 Å². The van der Waals surface area contributed by atoms with Crippen LogP contribution in [0.25, 0.3) is 11.5 Å². The van der Waals surface area contributed by atoms with Crippen molar-refractivity contribution < 1.29 is 28.6 Å². The summed E-state index contributed by atoms with van der Waals surface area (Å²) in [6.07, 6.45) is 0. The van der Waals surface area contributed by atoms with Crippen molar-refractivity contribution in [1.82, 2.24) is 10.2 Å². The van der Waals surface area contributed by atoms with Gasteiger partial charge in [-0.2, -0.15) is 0 Å². The van der Waals surface area contributed by atoms with Crippen molar-refractivity contribution in [2.75, 3.05) is 5.32 Å². The van der Waals surface area contributed by atoms with E-state index in [4.69, 9.17) is 16.0 Å². The van der Waals surface area contributed by atoms with Crippen LogP contribution in [0.4, 0.5) is 25.4 Å². The lowest BCUT2D eigenvalue weighted by Crippen LogP contribution is -2.13. The van der Waals surface area contributed by atoms with Gasteiger partial charge in [-0.25, -0.2) is 0 Å². The van der Waals surface area contributed by atoms with Gasteiger partial charge < -0.3 is 4.42 Å². The minimum Gasteiger partial charge on any atom is -0.403 e. The third-order valence-electron chi connectivity index (χ3n) is 3.28. The fraction of sp³-hybridized carbons (Fsp3) is 0. The van der Waals surface area contributed by atoms with Crippen LogP contribution in [0.3, 0.4) is 0 Å². The highest BCUT2D eigenvalue weighted by molar-refractivity contribution is 8.45. The van der Waals surface area contributed by atoms with Gasteiger partial charge in [-0.05, 0) is 42.5 Å². The molecule has 5 nitrogen and oxygen atoms in total. The van der Waals surface area contributed by atoms with Gasteiger partial charge in [-0.15, -0.1) is 5.10 Å². The fourth-order valence-corrected chi connectivity index (χ4v) is 2.89. The maximum atomic E-state index is 12.7. The summed E-state index contributed by atoms with van der Waals surface area (Å²) >= 11 is 5.84. The lowest BCUT2D eigenvalue weighted by molar-refractivity contribution is 0.102. The zero-order valence-corrected chi connectivity index (χ0v) is 14.6. The van der Waals surface area contributed by atoms with E-state index in [1.54, 1.807) is 24.3 Å². The van der Waals surface area contributed by atoms with Crippen molar-refractivity contribution in [1.29, 1.82) is 0 Å². The van der Waals surface area contributed by atoms with Crippen molar-refractivity contribution in [3.63, 3.8) is 0 Å². The van der Waals surface area contributed by atoms with Crippen molar-refractivity contribution in [2.24, 2.45) is 0 Å². The Labute approximate surface area is 153 Å². The number of carbonyl (C=O) groups excluding carboxylic acids is 1. The van der Waals surface area contributed by atoms with Gasteiger partial charge in [0.1, 0.15) is 4.90 Å². The maximum Gasteiger partial charge on any atom is 0.322 e. The molecule has 0 bridgehead atoms. The average Bonchev–Trinajstić information content (AvgIpc) is 3.01. The number of anilines is 1. The number of halogens is 6. The van der Waals surface area contributed by atoms with E-state index >= 15 is 0 Å². The molecule has 27 heavy (non-hydrogen) atoms. The molecule has 0 radical (unpaired) electrons. The number of nitrogens with zero attached hydrogens (tertiary/aromatic N) is 2. The van der Waals surface area contributed by atoms with Gasteiger partial charge in [0.05, 0.1) is 0 Å². The Hall–Kier alpha value is -2.66. The second-order valence-electron chi connectivity index (χ2n) is 5.37. The van der Waals surface area contributed by atoms with Crippen LogP contribution in [0.15, 0.2) is 57.8 Å². The Balaban J connectivity index is 1.77. The van der Waals surface area contributed by atoms with Crippen LogP contribution in [0.2, 0.25) is 5.02 Å². The third kappa shape index (κ3) is 4.55. The van der Waals surface area contributed by atoms with Gasteiger partial charge in [0.2, 0.25) is 5.89 Å². The Bertz CT molecular complexity index is 1020. The maximum absolute atomic E-state index is 12.7. The van der Waals surface area contributed by atoms with Crippen LogP contribution in [0.1, 0.15) is 10.4 Å². The monoisotopic (exact) mass is 425 g/mol. The summed E-state index contributed by atoms with van der Waals surface area (Å²) in [5.41, 5.74) is 0.179. The molecule has 12 heteroatoms. The Kier molecular flexibility index (Phi) is 4.01. The summed E-state index contributed by atoms with van der Waals surface area (Å²) in [6, 6.07) is 7.63. The zero-order chi connectivity index (χ0) is 19.9. The first kappa shape index (κ1) is 19.1. The number of nitrogens with one attached hydrogen (secondary N) is 1. The molecule has 1 heterocycles. The molecule has 0 aliphatic heterocycles. The molecule has 0 spiro atoms. The molecule has 0 atom stereocenters. The average molecular weight is 426 g/mol. The van der Waals surface area contributed by atoms with E-state index in [1.165, 1.54) is 0 Å². The van der Waals surface area contributed by atoms with Gasteiger partial charge >= 0.3 is 16.2 Å². The van der Waals surface area contributed by atoms with Crippen molar-refractivity contribution in [3.8, 4) is 11.5 Å².